The number of nitrogens with one attached hydrogen (secondary N) is 1. The predicted molar refractivity (Wildman–Crippen MR) is 56.6 cm³/mol. The van der Waals surface area contributed by atoms with Gasteiger partial charge in [0.15, 0.2) is 0 Å². The van der Waals surface area contributed by atoms with Gasteiger partial charge in [0, 0.05) is 25.2 Å². The summed E-state index contributed by atoms with van der Waals surface area (Å²) < 4.78 is 0. The number of nitrogens with zero attached hydrogens (tertiary/aromatic N) is 1. The Morgan fingerprint density at radius 3 is 2.31 bits per heavy atom. The topological polar surface area (TPSA) is 32.3 Å². The second-order valence-electron chi connectivity index (χ2n) is 3.40. The zero-order valence-corrected chi connectivity index (χ0v) is 9.49. The molecule has 13 heavy (non-hydrogen) atoms. The summed E-state index contributed by atoms with van der Waals surface area (Å²) in [6.45, 7) is 5.69. The van der Waals surface area contributed by atoms with Crippen LogP contribution in [0.3, 0.4) is 0 Å². The van der Waals surface area contributed by atoms with Gasteiger partial charge in [-0.05, 0) is 13.8 Å². The average molecular weight is 227 g/mol. The minimum atomic E-state index is 0. The van der Waals surface area contributed by atoms with Gasteiger partial charge in [-0.3, -0.25) is 4.79 Å². The van der Waals surface area contributed by atoms with Gasteiger partial charge in [0.2, 0.25) is 5.91 Å². The summed E-state index contributed by atoms with van der Waals surface area (Å²) in [7, 11) is 0. The van der Waals surface area contributed by atoms with Gasteiger partial charge in [-0.15, -0.1) is 24.0 Å². The van der Waals surface area contributed by atoms with Crippen LogP contribution < -0.4 is 5.32 Å². The highest BCUT2D eigenvalue weighted by Gasteiger charge is 2.23. The Morgan fingerprint density at radius 2 is 1.92 bits per heavy atom. The van der Waals surface area contributed by atoms with Crippen molar-refractivity contribution in [2.24, 2.45) is 0 Å². The summed E-state index contributed by atoms with van der Waals surface area (Å²) in [6, 6.07) is 0.752. The second kappa shape index (κ2) is 5.68. The van der Waals surface area contributed by atoms with Gasteiger partial charge in [-0.1, -0.05) is 0 Å². The highest BCUT2D eigenvalue weighted by Crippen LogP contribution is 2.04. The number of hydrogen-bond acceptors (Lipinski definition) is 2. The largest absolute Gasteiger partial charge is 0.339 e. The summed E-state index contributed by atoms with van der Waals surface area (Å²) in [5, 5.41) is 3.35. The lowest BCUT2D eigenvalue weighted by molar-refractivity contribution is -0.130. The molecular weight excluding hydrogens is 211 g/mol. The molecule has 1 saturated heterocycles. The van der Waals surface area contributed by atoms with Crippen molar-refractivity contribution in [1.82, 2.24) is 10.2 Å². The van der Waals surface area contributed by atoms with E-state index >= 15 is 0 Å². The second-order valence-corrected chi connectivity index (χ2v) is 3.67. The summed E-state index contributed by atoms with van der Waals surface area (Å²) in [5.41, 5.74) is 0. The molecule has 0 aromatic carbocycles. The van der Waals surface area contributed by atoms with Crippen molar-refractivity contribution in [2.45, 2.75) is 25.9 Å². The lowest BCUT2D eigenvalue weighted by Gasteiger charge is -2.35. The van der Waals surface area contributed by atoms with E-state index in [0.717, 1.165) is 13.1 Å². The van der Waals surface area contributed by atoms with Gasteiger partial charge in [-0.2, -0.15) is 0 Å². The van der Waals surface area contributed by atoms with Crippen LogP contribution >= 0.6 is 24.0 Å². The zero-order valence-electron chi connectivity index (χ0n) is 7.92. The molecule has 0 aromatic heterocycles. The van der Waals surface area contributed by atoms with Crippen LogP contribution in [0.4, 0.5) is 0 Å². The van der Waals surface area contributed by atoms with E-state index in [1.54, 1.807) is 0 Å². The van der Waals surface area contributed by atoms with Crippen LogP contribution in [-0.4, -0.2) is 41.9 Å². The van der Waals surface area contributed by atoms with Crippen LogP contribution in [0.2, 0.25) is 0 Å². The van der Waals surface area contributed by atoms with Crippen molar-refractivity contribution in [1.29, 1.82) is 0 Å². The highest BCUT2D eigenvalue weighted by molar-refractivity contribution is 6.27. The number of alkyl halides is 1. The van der Waals surface area contributed by atoms with Crippen LogP contribution in [0, 0.1) is 0 Å². The van der Waals surface area contributed by atoms with E-state index in [-0.39, 0.29) is 24.2 Å². The van der Waals surface area contributed by atoms with Crippen molar-refractivity contribution in [3.8, 4) is 0 Å². The van der Waals surface area contributed by atoms with Gasteiger partial charge in [0.1, 0.15) is 5.88 Å². The summed E-state index contributed by atoms with van der Waals surface area (Å²) in [6.07, 6.45) is 0. The first-order valence-electron chi connectivity index (χ1n) is 4.23. The van der Waals surface area contributed by atoms with E-state index < -0.39 is 0 Å². The van der Waals surface area contributed by atoms with E-state index in [1.165, 1.54) is 0 Å². The minimum Gasteiger partial charge on any atom is -0.339 e. The highest BCUT2D eigenvalue weighted by atomic mass is 35.5. The Morgan fingerprint density at radius 1 is 1.46 bits per heavy atom. The fourth-order valence-corrected chi connectivity index (χ4v) is 1.78. The van der Waals surface area contributed by atoms with Gasteiger partial charge >= 0.3 is 0 Å². The number of carbonyl (C=O) groups excluding carboxylic acids is 1. The molecule has 0 spiro atoms. The zero-order chi connectivity index (χ0) is 9.14. The molecule has 78 valence electrons. The summed E-state index contributed by atoms with van der Waals surface area (Å²) >= 11 is 5.47. The first kappa shape index (κ1) is 13.0. The lowest BCUT2D eigenvalue weighted by atomic mass is 10.1. The van der Waals surface area contributed by atoms with Crippen molar-refractivity contribution in [3.05, 3.63) is 0 Å². The van der Waals surface area contributed by atoms with Gasteiger partial charge in [0.25, 0.3) is 0 Å². The maximum atomic E-state index is 11.2. The van der Waals surface area contributed by atoms with E-state index in [0.29, 0.717) is 12.1 Å². The van der Waals surface area contributed by atoms with Gasteiger partial charge < -0.3 is 10.2 Å². The van der Waals surface area contributed by atoms with Crippen LogP contribution in [-0.2, 0) is 4.79 Å². The van der Waals surface area contributed by atoms with E-state index in [4.69, 9.17) is 11.6 Å². The van der Waals surface area contributed by atoms with Crippen LogP contribution in [0.5, 0.6) is 0 Å². The Kier molecular flexibility index (Phi) is 5.68. The van der Waals surface area contributed by atoms with Crippen LogP contribution in [0.15, 0.2) is 0 Å². The number of carbonyl (C=O) groups is 1. The van der Waals surface area contributed by atoms with Crippen LogP contribution in [0.1, 0.15) is 13.8 Å². The standard InChI is InChI=1S/C8H15ClN2O.ClH/c1-6-4-11(8(12)3-9)5-7(2)10-6;/h6-7,10H,3-5H2,1-2H3;1H/t6-,7+;. The molecule has 5 heteroatoms. The molecule has 0 bridgehead atoms. The molecule has 1 aliphatic rings. The Balaban J connectivity index is 0.00000144. The SMILES string of the molecule is C[C@@H]1CN(C(=O)CCl)C[C@H](C)N1.Cl. The maximum absolute atomic E-state index is 11.2. The number of piperazine rings is 1. The third-order valence-electron chi connectivity index (χ3n) is 2.02. The average Bonchev–Trinajstić information content (AvgIpc) is 2.01. The molecular formula is C8H16Cl2N2O. The predicted octanol–water partition coefficient (Wildman–Crippen LogP) is 0.856. The molecule has 1 amide bonds. The molecule has 2 atom stereocenters. The fraction of sp³-hybridized carbons (Fsp3) is 0.875. The molecule has 1 heterocycles. The van der Waals surface area contributed by atoms with Crippen molar-refractivity contribution < 1.29 is 4.79 Å². The minimum absolute atomic E-state index is 0. The Labute approximate surface area is 90.2 Å². The lowest BCUT2D eigenvalue weighted by Crippen LogP contribution is -2.56. The maximum Gasteiger partial charge on any atom is 0.237 e. The van der Waals surface area contributed by atoms with E-state index in [9.17, 15) is 4.79 Å². The monoisotopic (exact) mass is 226 g/mol. The summed E-state index contributed by atoms with van der Waals surface area (Å²) in [4.78, 5) is 13.0. The third kappa shape index (κ3) is 3.71. The van der Waals surface area contributed by atoms with Gasteiger partial charge in [0.05, 0.1) is 0 Å². The van der Waals surface area contributed by atoms with Gasteiger partial charge in [-0.25, -0.2) is 0 Å². The molecule has 1 rings (SSSR count). The molecule has 1 fully saturated rings. The van der Waals surface area contributed by atoms with Crippen molar-refractivity contribution in [2.75, 3.05) is 19.0 Å². The normalized spacial score (nSPS) is 28.1. The molecule has 1 N–H and O–H groups in total. The first-order chi connectivity index (χ1) is 5.63. The fourth-order valence-electron chi connectivity index (χ4n) is 1.61. The first-order valence-corrected chi connectivity index (χ1v) is 4.76. The Hall–Kier alpha value is 0.01000. The number of amides is 1. The molecule has 0 radical (unpaired) electrons. The number of halogens is 2. The van der Waals surface area contributed by atoms with E-state index in [2.05, 4.69) is 19.2 Å². The molecule has 0 aliphatic carbocycles. The molecule has 0 unspecified atom stereocenters. The van der Waals surface area contributed by atoms with Crippen molar-refractivity contribution in [3.63, 3.8) is 0 Å². The molecule has 0 saturated carbocycles. The van der Waals surface area contributed by atoms with E-state index in [1.807, 2.05) is 4.90 Å². The third-order valence-corrected chi connectivity index (χ3v) is 2.25. The number of rotatable bonds is 1. The summed E-state index contributed by atoms with van der Waals surface area (Å²) in [5.74, 6) is 0.135. The smallest absolute Gasteiger partial charge is 0.237 e. The number of hydrogen-bond donors (Lipinski definition) is 1. The Bertz CT molecular complexity index is 168. The van der Waals surface area contributed by atoms with Crippen molar-refractivity contribution >= 4 is 29.9 Å². The van der Waals surface area contributed by atoms with Crippen LogP contribution in [0.25, 0.3) is 0 Å². The molecule has 1 aliphatic heterocycles. The molecule has 0 aromatic rings. The quantitative estimate of drug-likeness (QED) is 0.674. The molecule has 3 nitrogen and oxygen atoms in total.